The van der Waals surface area contributed by atoms with Crippen LogP contribution in [0.25, 0.3) is 10.8 Å². The normalized spacial score (nSPS) is 17.4. The summed E-state index contributed by atoms with van der Waals surface area (Å²) in [5.74, 6) is -0.192. The van der Waals surface area contributed by atoms with Gasteiger partial charge in [-0.25, -0.2) is 4.39 Å². The van der Waals surface area contributed by atoms with Crippen LogP contribution >= 0.6 is 0 Å². The molecule has 3 aromatic carbocycles. The molecule has 0 N–H and O–H groups in total. The van der Waals surface area contributed by atoms with Gasteiger partial charge in [-0.05, 0) is 47.4 Å². The molecule has 0 aliphatic carbocycles. The van der Waals surface area contributed by atoms with Crippen molar-refractivity contribution < 1.29 is 9.18 Å². The Morgan fingerprint density at radius 1 is 0.958 bits per heavy atom. The molecule has 0 radical (unpaired) electrons. The SMILES string of the molecule is O=C(c1cccc2ccccc12)N1CCC[C@@H]1c1ccc(F)cc1. The van der Waals surface area contributed by atoms with Crippen LogP contribution in [0.1, 0.15) is 34.8 Å². The second-order valence-electron chi connectivity index (χ2n) is 6.23. The minimum Gasteiger partial charge on any atom is -0.332 e. The number of halogens is 1. The molecule has 1 fully saturated rings. The first kappa shape index (κ1) is 14.9. The molecule has 1 aliphatic rings. The topological polar surface area (TPSA) is 20.3 Å². The number of hydrogen-bond acceptors (Lipinski definition) is 1. The lowest BCUT2D eigenvalue weighted by atomic mass is 10.0. The summed E-state index contributed by atoms with van der Waals surface area (Å²) in [5.41, 5.74) is 1.74. The number of benzene rings is 3. The minimum atomic E-state index is -0.247. The predicted molar refractivity (Wildman–Crippen MR) is 93.4 cm³/mol. The van der Waals surface area contributed by atoms with E-state index in [-0.39, 0.29) is 17.8 Å². The van der Waals surface area contributed by atoms with Gasteiger partial charge in [0.2, 0.25) is 0 Å². The highest BCUT2D eigenvalue weighted by Gasteiger charge is 2.31. The smallest absolute Gasteiger partial charge is 0.254 e. The molecule has 0 bridgehead atoms. The van der Waals surface area contributed by atoms with Gasteiger partial charge in [0.25, 0.3) is 5.91 Å². The van der Waals surface area contributed by atoms with Gasteiger partial charge in [0.15, 0.2) is 0 Å². The van der Waals surface area contributed by atoms with Gasteiger partial charge < -0.3 is 4.90 Å². The van der Waals surface area contributed by atoms with Crippen molar-refractivity contribution in [1.82, 2.24) is 4.90 Å². The number of likely N-dealkylation sites (tertiary alicyclic amines) is 1. The highest BCUT2D eigenvalue weighted by Crippen LogP contribution is 2.34. The van der Waals surface area contributed by atoms with Crippen LogP contribution in [0.3, 0.4) is 0 Å². The second kappa shape index (κ2) is 6.08. The first-order chi connectivity index (χ1) is 11.7. The van der Waals surface area contributed by atoms with E-state index in [0.717, 1.165) is 41.3 Å². The maximum atomic E-state index is 13.2. The average molecular weight is 319 g/mol. The van der Waals surface area contributed by atoms with Gasteiger partial charge in [-0.1, -0.05) is 48.5 Å². The molecule has 1 amide bonds. The summed E-state index contributed by atoms with van der Waals surface area (Å²) in [6, 6.07) is 20.3. The second-order valence-corrected chi connectivity index (χ2v) is 6.23. The maximum absolute atomic E-state index is 13.2. The summed E-state index contributed by atoms with van der Waals surface area (Å²) in [5, 5.41) is 2.05. The molecule has 0 unspecified atom stereocenters. The van der Waals surface area contributed by atoms with E-state index in [9.17, 15) is 9.18 Å². The Bertz CT molecular complexity index is 882. The van der Waals surface area contributed by atoms with Gasteiger partial charge in [0.05, 0.1) is 6.04 Å². The van der Waals surface area contributed by atoms with Crippen molar-refractivity contribution in [1.29, 1.82) is 0 Å². The van der Waals surface area contributed by atoms with Crippen molar-refractivity contribution in [3.63, 3.8) is 0 Å². The van der Waals surface area contributed by atoms with Crippen LogP contribution in [-0.4, -0.2) is 17.4 Å². The van der Waals surface area contributed by atoms with Crippen LogP contribution in [0, 0.1) is 5.82 Å². The number of carbonyl (C=O) groups is 1. The molecule has 3 aromatic rings. The third-order valence-electron chi connectivity index (χ3n) is 4.79. The van der Waals surface area contributed by atoms with Crippen LogP contribution in [0.5, 0.6) is 0 Å². The van der Waals surface area contributed by atoms with Crippen molar-refractivity contribution in [3.05, 3.63) is 83.7 Å². The summed E-state index contributed by atoms with van der Waals surface area (Å²) >= 11 is 0. The molecule has 0 saturated carbocycles. The Hall–Kier alpha value is -2.68. The van der Waals surface area contributed by atoms with E-state index < -0.39 is 0 Å². The van der Waals surface area contributed by atoms with Crippen molar-refractivity contribution in [2.45, 2.75) is 18.9 Å². The van der Waals surface area contributed by atoms with Crippen LogP contribution in [0.15, 0.2) is 66.7 Å². The minimum absolute atomic E-state index is 0.0251. The summed E-state index contributed by atoms with van der Waals surface area (Å²) in [6.07, 6.45) is 1.89. The van der Waals surface area contributed by atoms with Gasteiger partial charge in [-0.3, -0.25) is 4.79 Å². The van der Waals surface area contributed by atoms with Crippen molar-refractivity contribution in [2.24, 2.45) is 0 Å². The molecular formula is C21H18FNO. The highest BCUT2D eigenvalue weighted by atomic mass is 19.1. The monoisotopic (exact) mass is 319 g/mol. The number of carbonyl (C=O) groups excluding carboxylic acids is 1. The number of nitrogens with zero attached hydrogens (tertiary/aromatic N) is 1. The standard InChI is InChI=1S/C21H18FNO/c22-17-12-10-16(11-13-17)20-9-4-14-23(20)21(24)19-8-3-6-15-5-1-2-7-18(15)19/h1-3,5-8,10-13,20H,4,9,14H2/t20-/m1/s1. The van der Waals surface area contributed by atoms with Gasteiger partial charge in [-0.2, -0.15) is 0 Å². The Labute approximate surface area is 140 Å². The fourth-order valence-corrected chi connectivity index (χ4v) is 3.61. The third-order valence-corrected chi connectivity index (χ3v) is 4.79. The highest BCUT2D eigenvalue weighted by molar-refractivity contribution is 6.07. The fraction of sp³-hybridized carbons (Fsp3) is 0.190. The Balaban J connectivity index is 1.71. The molecule has 0 spiro atoms. The van der Waals surface area contributed by atoms with E-state index in [1.165, 1.54) is 12.1 Å². The number of rotatable bonds is 2. The van der Waals surface area contributed by atoms with Gasteiger partial charge >= 0.3 is 0 Å². The predicted octanol–water partition coefficient (Wildman–Crippen LogP) is 4.96. The molecule has 1 saturated heterocycles. The van der Waals surface area contributed by atoms with Crippen LogP contribution in [0.4, 0.5) is 4.39 Å². The van der Waals surface area contributed by atoms with Gasteiger partial charge in [0, 0.05) is 12.1 Å². The third kappa shape index (κ3) is 2.56. The van der Waals surface area contributed by atoms with Crippen molar-refractivity contribution in [2.75, 3.05) is 6.54 Å². The lowest BCUT2D eigenvalue weighted by Crippen LogP contribution is -2.30. The number of amides is 1. The van der Waals surface area contributed by atoms with Crippen LogP contribution in [-0.2, 0) is 0 Å². The molecule has 120 valence electrons. The number of hydrogen-bond donors (Lipinski definition) is 0. The zero-order valence-corrected chi connectivity index (χ0v) is 13.3. The molecule has 4 rings (SSSR count). The molecule has 24 heavy (non-hydrogen) atoms. The zero-order chi connectivity index (χ0) is 16.5. The summed E-state index contributed by atoms with van der Waals surface area (Å²) in [6.45, 7) is 0.740. The van der Waals surface area contributed by atoms with E-state index in [2.05, 4.69) is 0 Å². The first-order valence-electron chi connectivity index (χ1n) is 8.28. The van der Waals surface area contributed by atoms with Crippen LogP contribution < -0.4 is 0 Å². The van der Waals surface area contributed by atoms with E-state index in [1.54, 1.807) is 12.1 Å². The Morgan fingerprint density at radius 3 is 2.54 bits per heavy atom. The van der Waals surface area contributed by atoms with Crippen molar-refractivity contribution in [3.8, 4) is 0 Å². The molecule has 1 atom stereocenters. The van der Waals surface area contributed by atoms with Crippen LogP contribution in [0.2, 0.25) is 0 Å². The molecule has 0 aromatic heterocycles. The summed E-state index contributed by atoms with van der Waals surface area (Å²) in [4.78, 5) is 15.1. The Morgan fingerprint density at radius 2 is 1.71 bits per heavy atom. The molecule has 1 heterocycles. The largest absolute Gasteiger partial charge is 0.332 e. The zero-order valence-electron chi connectivity index (χ0n) is 13.3. The summed E-state index contributed by atoms with van der Waals surface area (Å²) < 4.78 is 13.2. The van der Waals surface area contributed by atoms with E-state index in [4.69, 9.17) is 0 Å². The Kier molecular flexibility index (Phi) is 3.77. The fourth-order valence-electron chi connectivity index (χ4n) is 3.61. The molecule has 1 aliphatic heterocycles. The quantitative estimate of drug-likeness (QED) is 0.654. The average Bonchev–Trinajstić information content (AvgIpc) is 3.11. The molecular weight excluding hydrogens is 301 g/mol. The lowest BCUT2D eigenvalue weighted by molar-refractivity contribution is 0.0737. The van der Waals surface area contributed by atoms with Crippen molar-refractivity contribution >= 4 is 16.7 Å². The van der Waals surface area contributed by atoms with E-state index in [0.29, 0.717) is 0 Å². The molecule has 2 nitrogen and oxygen atoms in total. The van der Waals surface area contributed by atoms with Gasteiger partial charge in [0.1, 0.15) is 5.82 Å². The lowest BCUT2D eigenvalue weighted by Gasteiger charge is -2.25. The first-order valence-corrected chi connectivity index (χ1v) is 8.28. The summed E-state index contributed by atoms with van der Waals surface area (Å²) in [7, 11) is 0. The van der Waals surface area contributed by atoms with E-state index >= 15 is 0 Å². The molecule has 3 heteroatoms. The van der Waals surface area contributed by atoms with Gasteiger partial charge in [-0.15, -0.1) is 0 Å². The maximum Gasteiger partial charge on any atom is 0.254 e. The number of fused-ring (bicyclic) bond motifs is 1. The van der Waals surface area contributed by atoms with E-state index in [1.807, 2.05) is 47.4 Å².